The molecule has 0 saturated carbocycles. The van der Waals surface area contributed by atoms with E-state index in [1.54, 1.807) is 0 Å². The van der Waals surface area contributed by atoms with Gasteiger partial charge in [0.2, 0.25) is 0 Å². The van der Waals surface area contributed by atoms with Crippen LogP contribution in [0.2, 0.25) is 0 Å². The maximum Gasteiger partial charge on any atom is 0.160 e. The first-order valence-electron chi connectivity index (χ1n) is 7.78. The Balaban J connectivity index is 2.55. The predicted molar refractivity (Wildman–Crippen MR) is 89.7 cm³/mol. The quantitative estimate of drug-likeness (QED) is 0.730. The Morgan fingerprint density at radius 1 is 1.14 bits per heavy atom. The number of aryl methyl sites for hydroxylation is 1. The maximum atomic E-state index is 6.36. The average Bonchev–Trinajstić information content (AvgIpc) is 2.75. The molecule has 2 heterocycles. The molecule has 2 aromatic rings. The van der Waals surface area contributed by atoms with E-state index in [9.17, 15) is 0 Å². The molecule has 1 unspecified atom stereocenters. The maximum absolute atomic E-state index is 6.36. The van der Waals surface area contributed by atoms with E-state index >= 15 is 0 Å². The van der Waals surface area contributed by atoms with Crippen molar-refractivity contribution in [3.05, 3.63) is 23.7 Å². The molecule has 0 radical (unpaired) electrons. The van der Waals surface area contributed by atoms with Gasteiger partial charge in [0, 0.05) is 12.7 Å². The molecule has 2 aromatic heterocycles. The van der Waals surface area contributed by atoms with Gasteiger partial charge in [0.15, 0.2) is 5.65 Å². The smallest absolute Gasteiger partial charge is 0.160 e. The Morgan fingerprint density at radius 2 is 1.76 bits per heavy atom. The second-order valence-electron chi connectivity index (χ2n) is 6.65. The van der Waals surface area contributed by atoms with Crippen molar-refractivity contribution in [3.8, 4) is 0 Å². The SMILES string of the molecule is Cc1ccnc2c1nc(C(C)Cl)n2CC(C(C)C)C(C)C. The monoisotopic (exact) mass is 307 g/mol. The van der Waals surface area contributed by atoms with Gasteiger partial charge in [-0.2, -0.15) is 0 Å². The third kappa shape index (κ3) is 3.23. The summed E-state index contributed by atoms with van der Waals surface area (Å²) >= 11 is 6.36. The molecule has 0 fully saturated rings. The topological polar surface area (TPSA) is 30.7 Å². The molecule has 0 bridgehead atoms. The van der Waals surface area contributed by atoms with Gasteiger partial charge in [0.25, 0.3) is 0 Å². The van der Waals surface area contributed by atoms with Crippen LogP contribution in [0.15, 0.2) is 12.3 Å². The molecule has 4 heteroatoms. The van der Waals surface area contributed by atoms with Crippen LogP contribution in [0.5, 0.6) is 0 Å². The summed E-state index contributed by atoms with van der Waals surface area (Å²) in [5, 5.41) is -0.112. The number of alkyl halides is 1. The van der Waals surface area contributed by atoms with Crippen LogP contribution < -0.4 is 0 Å². The lowest BCUT2D eigenvalue weighted by molar-refractivity contribution is 0.251. The molecule has 2 rings (SSSR count). The number of hydrogen-bond acceptors (Lipinski definition) is 2. The van der Waals surface area contributed by atoms with E-state index in [1.165, 1.54) is 0 Å². The van der Waals surface area contributed by atoms with Gasteiger partial charge >= 0.3 is 0 Å². The molecule has 0 aliphatic rings. The fourth-order valence-corrected chi connectivity index (χ4v) is 3.21. The Morgan fingerprint density at radius 3 is 2.29 bits per heavy atom. The normalized spacial score (nSPS) is 13.8. The second kappa shape index (κ2) is 6.35. The first-order chi connectivity index (χ1) is 9.82. The van der Waals surface area contributed by atoms with Gasteiger partial charge < -0.3 is 4.57 Å². The van der Waals surface area contributed by atoms with Crippen LogP contribution in [0.1, 0.15) is 51.4 Å². The molecular formula is C17H26ClN3. The Kier molecular flexibility index (Phi) is 4.92. The summed E-state index contributed by atoms with van der Waals surface area (Å²) in [7, 11) is 0. The standard InChI is InChI=1S/C17H26ClN3/c1-10(2)14(11(3)4)9-21-16(13(6)18)20-15-12(5)7-8-19-17(15)21/h7-8,10-11,13-14H,9H2,1-6H3. The van der Waals surface area contributed by atoms with Crippen molar-refractivity contribution in [2.45, 2.75) is 53.5 Å². The van der Waals surface area contributed by atoms with Crippen molar-refractivity contribution < 1.29 is 0 Å². The van der Waals surface area contributed by atoms with E-state index in [0.29, 0.717) is 17.8 Å². The molecule has 1 atom stereocenters. The van der Waals surface area contributed by atoms with Crippen molar-refractivity contribution >= 4 is 22.8 Å². The van der Waals surface area contributed by atoms with Gasteiger partial charge in [-0.3, -0.25) is 0 Å². The van der Waals surface area contributed by atoms with Crippen LogP contribution >= 0.6 is 11.6 Å². The van der Waals surface area contributed by atoms with Gasteiger partial charge in [-0.25, -0.2) is 9.97 Å². The lowest BCUT2D eigenvalue weighted by Gasteiger charge is -2.26. The highest BCUT2D eigenvalue weighted by molar-refractivity contribution is 6.20. The highest BCUT2D eigenvalue weighted by Crippen LogP contribution is 2.29. The van der Waals surface area contributed by atoms with E-state index in [-0.39, 0.29) is 5.38 Å². The molecule has 0 aliphatic heterocycles. The summed E-state index contributed by atoms with van der Waals surface area (Å²) in [5.41, 5.74) is 3.10. The number of nitrogens with zero attached hydrogens (tertiary/aromatic N) is 3. The van der Waals surface area contributed by atoms with Crippen molar-refractivity contribution in [3.63, 3.8) is 0 Å². The van der Waals surface area contributed by atoms with Crippen LogP contribution in [-0.4, -0.2) is 14.5 Å². The van der Waals surface area contributed by atoms with Gasteiger partial charge in [-0.15, -0.1) is 11.6 Å². The number of pyridine rings is 1. The Hall–Kier alpha value is -1.09. The van der Waals surface area contributed by atoms with E-state index in [0.717, 1.165) is 29.1 Å². The van der Waals surface area contributed by atoms with Crippen molar-refractivity contribution in [1.82, 2.24) is 14.5 Å². The highest BCUT2D eigenvalue weighted by Gasteiger charge is 2.23. The zero-order chi connectivity index (χ0) is 15.7. The van der Waals surface area contributed by atoms with Crippen LogP contribution in [0.3, 0.4) is 0 Å². The molecule has 0 aliphatic carbocycles. The summed E-state index contributed by atoms with van der Waals surface area (Å²) < 4.78 is 2.23. The van der Waals surface area contributed by atoms with E-state index < -0.39 is 0 Å². The Bertz CT molecular complexity index is 606. The molecule has 0 saturated heterocycles. The van der Waals surface area contributed by atoms with E-state index in [4.69, 9.17) is 16.6 Å². The minimum absolute atomic E-state index is 0.112. The van der Waals surface area contributed by atoms with Crippen molar-refractivity contribution in [2.24, 2.45) is 17.8 Å². The molecule has 0 aromatic carbocycles. The van der Waals surface area contributed by atoms with Gasteiger partial charge in [-0.05, 0) is 43.2 Å². The van der Waals surface area contributed by atoms with Crippen molar-refractivity contribution in [2.75, 3.05) is 0 Å². The average molecular weight is 308 g/mol. The van der Waals surface area contributed by atoms with Crippen LogP contribution in [0, 0.1) is 24.7 Å². The lowest BCUT2D eigenvalue weighted by atomic mass is 9.85. The van der Waals surface area contributed by atoms with E-state index in [1.807, 2.05) is 19.2 Å². The number of imidazole rings is 1. The summed E-state index contributed by atoms with van der Waals surface area (Å²) in [6.45, 7) is 14.1. The number of hydrogen-bond donors (Lipinski definition) is 0. The summed E-state index contributed by atoms with van der Waals surface area (Å²) in [6, 6.07) is 2.00. The van der Waals surface area contributed by atoms with Crippen LogP contribution in [0.4, 0.5) is 0 Å². The van der Waals surface area contributed by atoms with Gasteiger partial charge in [0.05, 0.1) is 5.38 Å². The first kappa shape index (κ1) is 16.3. The Labute approximate surface area is 132 Å². The number of rotatable bonds is 5. The lowest BCUT2D eigenvalue weighted by Crippen LogP contribution is -2.23. The molecule has 0 N–H and O–H groups in total. The molecule has 3 nitrogen and oxygen atoms in total. The fraction of sp³-hybridized carbons (Fsp3) is 0.647. The number of fused-ring (bicyclic) bond motifs is 1. The third-order valence-electron chi connectivity index (χ3n) is 4.33. The number of halogens is 1. The summed E-state index contributed by atoms with van der Waals surface area (Å²) in [4.78, 5) is 9.31. The van der Waals surface area contributed by atoms with Gasteiger partial charge in [-0.1, -0.05) is 27.7 Å². The summed E-state index contributed by atoms with van der Waals surface area (Å²) in [5.74, 6) is 2.75. The fourth-order valence-electron chi connectivity index (χ4n) is 3.04. The zero-order valence-electron chi connectivity index (χ0n) is 13.9. The zero-order valence-corrected chi connectivity index (χ0v) is 14.6. The van der Waals surface area contributed by atoms with Crippen LogP contribution in [0.25, 0.3) is 11.2 Å². The largest absolute Gasteiger partial charge is 0.311 e. The molecular weight excluding hydrogens is 282 g/mol. The minimum atomic E-state index is -0.112. The predicted octanol–water partition coefficient (Wildman–Crippen LogP) is 4.97. The first-order valence-corrected chi connectivity index (χ1v) is 8.22. The number of aromatic nitrogens is 3. The minimum Gasteiger partial charge on any atom is -0.311 e. The van der Waals surface area contributed by atoms with Crippen molar-refractivity contribution in [1.29, 1.82) is 0 Å². The highest BCUT2D eigenvalue weighted by atomic mass is 35.5. The van der Waals surface area contributed by atoms with Gasteiger partial charge in [0.1, 0.15) is 11.3 Å². The second-order valence-corrected chi connectivity index (χ2v) is 7.30. The van der Waals surface area contributed by atoms with E-state index in [2.05, 4.69) is 44.2 Å². The molecule has 0 spiro atoms. The van der Waals surface area contributed by atoms with Crippen LogP contribution in [-0.2, 0) is 6.54 Å². The molecule has 116 valence electrons. The molecule has 21 heavy (non-hydrogen) atoms. The third-order valence-corrected chi connectivity index (χ3v) is 4.52. The molecule has 0 amide bonds. The summed E-state index contributed by atoms with van der Waals surface area (Å²) in [6.07, 6.45) is 1.86.